The lowest BCUT2D eigenvalue weighted by Gasteiger charge is -1.99. The van der Waals surface area contributed by atoms with Crippen LogP contribution < -0.4 is 0 Å². The van der Waals surface area contributed by atoms with Crippen molar-refractivity contribution in [3.63, 3.8) is 0 Å². The second-order valence-electron chi connectivity index (χ2n) is 2.92. The summed E-state index contributed by atoms with van der Waals surface area (Å²) in [4.78, 5) is 4.00. The van der Waals surface area contributed by atoms with Crippen molar-refractivity contribution in [2.24, 2.45) is 4.99 Å². The molecule has 72 valence electrons. The van der Waals surface area contributed by atoms with Gasteiger partial charge in [0.05, 0.1) is 5.70 Å². The highest BCUT2D eigenvalue weighted by Crippen LogP contribution is 2.15. The summed E-state index contributed by atoms with van der Waals surface area (Å²) in [7, 11) is 0. The van der Waals surface area contributed by atoms with Crippen LogP contribution in [0.1, 0.15) is 13.3 Å². The van der Waals surface area contributed by atoms with Gasteiger partial charge in [-0.2, -0.15) is 0 Å². The second kappa shape index (κ2) is 5.92. The summed E-state index contributed by atoms with van der Waals surface area (Å²) in [6, 6.07) is 0. The number of allylic oxidation sites excluding steroid dienone is 8. The zero-order valence-electron chi connectivity index (χ0n) is 8.48. The highest BCUT2D eigenvalue weighted by molar-refractivity contribution is 5.47. The van der Waals surface area contributed by atoms with Crippen molar-refractivity contribution in [2.75, 3.05) is 0 Å². The van der Waals surface area contributed by atoms with Crippen molar-refractivity contribution in [3.05, 3.63) is 59.9 Å². The standard InChI is InChI=1S/C13H15N/c1-3-4-11-13(14-2)12-9-7-5-6-8-10-12/h3-5,7-11H,2,6H2,1H3/b4-3-,13-11-. The Bertz CT molecular complexity index is 338. The van der Waals surface area contributed by atoms with Crippen molar-refractivity contribution in [3.8, 4) is 0 Å². The van der Waals surface area contributed by atoms with Gasteiger partial charge in [0.15, 0.2) is 0 Å². The van der Waals surface area contributed by atoms with Crippen LogP contribution in [0.25, 0.3) is 0 Å². The number of hydrogen-bond acceptors (Lipinski definition) is 1. The summed E-state index contributed by atoms with van der Waals surface area (Å²) >= 11 is 0. The van der Waals surface area contributed by atoms with Crippen LogP contribution in [0.5, 0.6) is 0 Å². The SMILES string of the molecule is C=N/C(=C\C=C/C)C1=CC=CCC=C1. The molecular formula is C13H15N. The Morgan fingerprint density at radius 3 is 3.07 bits per heavy atom. The fourth-order valence-electron chi connectivity index (χ4n) is 1.18. The van der Waals surface area contributed by atoms with Gasteiger partial charge >= 0.3 is 0 Å². The third-order valence-electron chi connectivity index (χ3n) is 1.89. The van der Waals surface area contributed by atoms with Gasteiger partial charge in [-0.1, -0.05) is 42.5 Å². The molecule has 0 N–H and O–H groups in total. The van der Waals surface area contributed by atoms with Crippen LogP contribution in [-0.2, 0) is 0 Å². The van der Waals surface area contributed by atoms with E-state index in [1.165, 1.54) is 0 Å². The minimum absolute atomic E-state index is 0.908. The lowest BCUT2D eigenvalue weighted by Crippen LogP contribution is -1.81. The van der Waals surface area contributed by atoms with Gasteiger partial charge in [0.2, 0.25) is 0 Å². The van der Waals surface area contributed by atoms with Gasteiger partial charge in [0.25, 0.3) is 0 Å². The van der Waals surface area contributed by atoms with E-state index in [4.69, 9.17) is 0 Å². The number of aliphatic imine (C=N–C) groups is 1. The Kier molecular flexibility index (Phi) is 4.42. The Morgan fingerprint density at radius 1 is 1.50 bits per heavy atom. The molecule has 0 amide bonds. The molecule has 0 aliphatic heterocycles. The molecule has 0 bridgehead atoms. The van der Waals surface area contributed by atoms with Crippen LogP contribution in [0.15, 0.2) is 64.9 Å². The topological polar surface area (TPSA) is 12.4 Å². The Balaban J connectivity index is 2.93. The molecule has 1 aliphatic rings. The molecule has 0 saturated heterocycles. The summed E-state index contributed by atoms with van der Waals surface area (Å²) < 4.78 is 0. The van der Waals surface area contributed by atoms with Crippen molar-refractivity contribution < 1.29 is 0 Å². The van der Waals surface area contributed by atoms with E-state index in [9.17, 15) is 0 Å². The van der Waals surface area contributed by atoms with Gasteiger partial charge in [-0.15, -0.1) is 0 Å². The molecule has 1 heteroatoms. The summed E-state index contributed by atoms with van der Waals surface area (Å²) in [5.74, 6) is 0. The van der Waals surface area contributed by atoms with E-state index in [2.05, 4.69) is 29.9 Å². The van der Waals surface area contributed by atoms with Crippen molar-refractivity contribution in [1.82, 2.24) is 0 Å². The van der Waals surface area contributed by atoms with E-state index >= 15 is 0 Å². The van der Waals surface area contributed by atoms with Crippen molar-refractivity contribution in [2.45, 2.75) is 13.3 Å². The van der Waals surface area contributed by atoms with E-state index in [0.29, 0.717) is 0 Å². The predicted octanol–water partition coefficient (Wildman–Crippen LogP) is 3.59. The summed E-state index contributed by atoms with van der Waals surface area (Å²) in [6.07, 6.45) is 17.3. The smallest absolute Gasteiger partial charge is 0.0694 e. The first-order valence-electron chi connectivity index (χ1n) is 4.72. The second-order valence-corrected chi connectivity index (χ2v) is 2.92. The molecule has 0 heterocycles. The molecule has 0 aromatic rings. The van der Waals surface area contributed by atoms with E-state index in [1.807, 2.05) is 37.3 Å². The van der Waals surface area contributed by atoms with E-state index in [1.54, 1.807) is 0 Å². The first-order chi connectivity index (χ1) is 6.88. The van der Waals surface area contributed by atoms with Crippen LogP contribution in [0, 0.1) is 0 Å². The Morgan fingerprint density at radius 2 is 2.36 bits per heavy atom. The molecule has 1 rings (SSSR count). The van der Waals surface area contributed by atoms with Gasteiger partial charge in [-0.3, -0.25) is 4.99 Å². The molecule has 0 unspecified atom stereocenters. The number of hydrogen-bond donors (Lipinski definition) is 0. The highest BCUT2D eigenvalue weighted by atomic mass is 14.7. The lowest BCUT2D eigenvalue weighted by molar-refractivity contribution is 1.35. The first-order valence-corrected chi connectivity index (χ1v) is 4.72. The van der Waals surface area contributed by atoms with Crippen LogP contribution in [0.2, 0.25) is 0 Å². The monoisotopic (exact) mass is 185 g/mol. The third kappa shape index (κ3) is 3.02. The fourth-order valence-corrected chi connectivity index (χ4v) is 1.18. The van der Waals surface area contributed by atoms with Gasteiger partial charge in [0.1, 0.15) is 0 Å². The van der Waals surface area contributed by atoms with Gasteiger partial charge in [-0.05, 0) is 31.7 Å². The normalized spacial score (nSPS) is 16.9. The molecule has 14 heavy (non-hydrogen) atoms. The zero-order chi connectivity index (χ0) is 10.2. The van der Waals surface area contributed by atoms with E-state index in [0.717, 1.165) is 17.7 Å². The fraction of sp³-hybridized carbons (Fsp3) is 0.154. The first kappa shape index (κ1) is 10.5. The average Bonchev–Trinajstić information content (AvgIpc) is 2.48. The largest absolute Gasteiger partial charge is 0.264 e. The molecule has 1 nitrogen and oxygen atoms in total. The molecule has 0 saturated carbocycles. The van der Waals surface area contributed by atoms with E-state index in [-0.39, 0.29) is 0 Å². The number of nitrogens with zero attached hydrogens (tertiary/aromatic N) is 1. The van der Waals surface area contributed by atoms with Crippen LogP contribution in [-0.4, -0.2) is 6.72 Å². The van der Waals surface area contributed by atoms with Crippen LogP contribution in [0.4, 0.5) is 0 Å². The minimum Gasteiger partial charge on any atom is -0.264 e. The molecule has 0 aromatic heterocycles. The highest BCUT2D eigenvalue weighted by Gasteiger charge is 1.97. The predicted molar refractivity (Wildman–Crippen MR) is 63.4 cm³/mol. The quantitative estimate of drug-likeness (QED) is 0.470. The van der Waals surface area contributed by atoms with Gasteiger partial charge in [-0.25, -0.2) is 0 Å². The number of rotatable bonds is 3. The lowest BCUT2D eigenvalue weighted by atomic mass is 10.1. The summed E-state index contributed by atoms with van der Waals surface area (Å²) in [5.41, 5.74) is 2.01. The molecule has 0 atom stereocenters. The Hall–Kier alpha value is -1.63. The Labute approximate surface area is 85.6 Å². The third-order valence-corrected chi connectivity index (χ3v) is 1.89. The molecule has 0 fully saturated rings. The van der Waals surface area contributed by atoms with Crippen LogP contribution in [0.3, 0.4) is 0 Å². The summed E-state index contributed by atoms with van der Waals surface area (Å²) in [5, 5.41) is 0. The maximum absolute atomic E-state index is 4.00. The maximum atomic E-state index is 4.00. The molecule has 0 spiro atoms. The molecule has 0 aromatic carbocycles. The zero-order valence-corrected chi connectivity index (χ0v) is 8.48. The summed E-state index contributed by atoms with van der Waals surface area (Å²) in [6.45, 7) is 5.55. The minimum atomic E-state index is 0.908. The van der Waals surface area contributed by atoms with Crippen LogP contribution >= 0.6 is 0 Å². The maximum Gasteiger partial charge on any atom is 0.0694 e. The molecule has 1 aliphatic carbocycles. The van der Waals surface area contributed by atoms with Gasteiger partial charge < -0.3 is 0 Å². The average molecular weight is 185 g/mol. The van der Waals surface area contributed by atoms with Crippen molar-refractivity contribution in [1.29, 1.82) is 0 Å². The van der Waals surface area contributed by atoms with Crippen molar-refractivity contribution >= 4 is 6.72 Å². The molecular weight excluding hydrogens is 170 g/mol. The van der Waals surface area contributed by atoms with Gasteiger partial charge in [0, 0.05) is 0 Å². The van der Waals surface area contributed by atoms with E-state index < -0.39 is 0 Å². The molecule has 0 radical (unpaired) electrons.